The van der Waals surface area contributed by atoms with Gasteiger partial charge in [0.05, 0.1) is 18.2 Å². The summed E-state index contributed by atoms with van der Waals surface area (Å²) in [5, 5.41) is 19.6. The van der Waals surface area contributed by atoms with Crippen LogP contribution in [0.1, 0.15) is 19.0 Å². The van der Waals surface area contributed by atoms with Crippen LogP contribution in [0.2, 0.25) is 0 Å². The van der Waals surface area contributed by atoms with Crippen LogP contribution >= 0.6 is 34.9 Å². The van der Waals surface area contributed by atoms with Crippen molar-refractivity contribution in [2.45, 2.75) is 29.7 Å². The minimum atomic E-state index is -1.42. The molecule has 2 amide bonds. The number of thiazole rings is 1. The largest absolute Gasteiger partial charge is 0.543 e. The SMILES string of the molecule is CCCN[n+]1ccc(SCC2=C(C(=O)[O-])N3C(=O)C(NC(=O)/C(=N\OC)c4csc(N)n4)C3SC2)cc1. The van der Waals surface area contributed by atoms with Crippen LogP contribution in [0.4, 0.5) is 5.13 Å². The predicted molar refractivity (Wildman–Crippen MR) is 139 cm³/mol. The van der Waals surface area contributed by atoms with E-state index in [1.165, 1.54) is 35.5 Å². The Morgan fingerprint density at radius 3 is 2.78 bits per heavy atom. The Morgan fingerprint density at radius 1 is 1.41 bits per heavy atom. The number of hydrogen-bond donors (Lipinski definition) is 3. The molecule has 12 nitrogen and oxygen atoms in total. The summed E-state index contributed by atoms with van der Waals surface area (Å²) in [6.07, 6.45) is 4.79. The second-order valence-electron chi connectivity index (χ2n) is 7.93. The van der Waals surface area contributed by atoms with Crippen LogP contribution in [0.3, 0.4) is 0 Å². The van der Waals surface area contributed by atoms with E-state index in [0.29, 0.717) is 17.1 Å². The molecule has 1 fully saturated rings. The van der Waals surface area contributed by atoms with Crippen molar-refractivity contribution in [2.24, 2.45) is 5.16 Å². The van der Waals surface area contributed by atoms with Crippen molar-refractivity contribution in [2.75, 3.05) is 36.3 Å². The zero-order chi connectivity index (χ0) is 26.5. The lowest BCUT2D eigenvalue weighted by Gasteiger charge is -2.50. The van der Waals surface area contributed by atoms with Gasteiger partial charge in [0.25, 0.3) is 11.8 Å². The van der Waals surface area contributed by atoms with Crippen LogP contribution in [0.15, 0.2) is 51.2 Å². The fraction of sp³-hybridized carbons (Fsp3) is 0.364. The molecule has 4 N–H and O–H groups in total. The number of fused-ring (bicyclic) bond motifs is 1. The van der Waals surface area contributed by atoms with Gasteiger partial charge in [-0.3, -0.25) is 14.5 Å². The van der Waals surface area contributed by atoms with Gasteiger partial charge in [-0.2, -0.15) is 5.43 Å². The predicted octanol–water partition coefficient (Wildman–Crippen LogP) is -0.487. The van der Waals surface area contributed by atoms with Crippen molar-refractivity contribution in [3.8, 4) is 0 Å². The lowest BCUT2D eigenvalue weighted by molar-refractivity contribution is -0.650. The van der Waals surface area contributed by atoms with Gasteiger partial charge < -0.3 is 25.8 Å². The fourth-order valence-electron chi connectivity index (χ4n) is 3.71. The van der Waals surface area contributed by atoms with Crippen molar-refractivity contribution in [1.82, 2.24) is 15.2 Å². The molecule has 0 bridgehead atoms. The number of amides is 2. The molecule has 2 aromatic rings. The molecule has 37 heavy (non-hydrogen) atoms. The Hall–Kier alpha value is -3.30. The molecule has 2 aliphatic rings. The minimum Gasteiger partial charge on any atom is -0.543 e. The van der Waals surface area contributed by atoms with Crippen LogP contribution in [0, 0.1) is 0 Å². The van der Waals surface area contributed by atoms with Gasteiger partial charge >= 0.3 is 0 Å². The number of β-lactam (4-membered cyclic amide) rings is 1. The number of rotatable bonds is 11. The summed E-state index contributed by atoms with van der Waals surface area (Å²) in [5.74, 6) is -1.88. The highest BCUT2D eigenvalue weighted by Gasteiger charge is 2.53. The molecule has 0 aromatic carbocycles. The molecule has 15 heteroatoms. The molecular weight excluding hydrogens is 538 g/mol. The Kier molecular flexibility index (Phi) is 8.56. The highest BCUT2D eigenvalue weighted by molar-refractivity contribution is 8.01. The first-order chi connectivity index (χ1) is 17.8. The van der Waals surface area contributed by atoms with E-state index < -0.39 is 29.2 Å². The van der Waals surface area contributed by atoms with Crippen molar-refractivity contribution < 1.29 is 29.0 Å². The van der Waals surface area contributed by atoms with E-state index in [0.717, 1.165) is 29.2 Å². The van der Waals surface area contributed by atoms with E-state index in [2.05, 4.69) is 27.8 Å². The number of carboxylic acids is 1. The number of nitrogen functional groups attached to an aromatic ring is 1. The minimum absolute atomic E-state index is 0.135. The molecule has 2 aromatic heterocycles. The van der Waals surface area contributed by atoms with Gasteiger partial charge in [-0.05, 0) is 12.0 Å². The van der Waals surface area contributed by atoms with Crippen molar-refractivity contribution in [1.29, 1.82) is 0 Å². The third-order valence-corrected chi connectivity index (χ3v) is 8.56. The molecule has 1 saturated heterocycles. The molecule has 0 saturated carbocycles. The number of hydrogen-bond acceptors (Lipinski definition) is 12. The number of carboxylic acid groups (broad SMARTS) is 1. The van der Waals surface area contributed by atoms with Crippen LogP contribution in [-0.4, -0.2) is 70.0 Å². The van der Waals surface area contributed by atoms with Gasteiger partial charge in [0, 0.05) is 33.9 Å². The Balaban J connectivity index is 1.44. The monoisotopic (exact) mass is 563 g/mol. The topological polar surface area (TPSA) is 166 Å². The number of oxime groups is 1. The number of pyridine rings is 1. The second kappa shape index (κ2) is 11.8. The van der Waals surface area contributed by atoms with Crippen LogP contribution in [-0.2, 0) is 19.2 Å². The Labute approximate surface area is 225 Å². The lowest BCUT2D eigenvalue weighted by atomic mass is 10.0. The lowest BCUT2D eigenvalue weighted by Crippen LogP contribution is -2.71. The molecule has 4 rings (SSSR count). The van der Waals surface area contributed by atoms with Crippen LogP contribution < -0.4 is 26.3 Å². The maximum atomic E-state index is 13.0. The molecule has 2 atom stereocenters. The summed E-state index contributed by atoms with van der Waals surface area (Å²) in [6.45, 7) is 2.93. The molecule has 2 unspecified atom stereocenters. The summed E-state index contributed by atoms with van der Waals surface area (Å²) in [6, 6.07) is 2.93. The number of aliphatic carboxylic acids is 1. The summed E-state index contributed by atoms with van der Waals surface area (Å²) in [5.41, 5.74) is 9.40. The van der Waals surface area contributed by atoms with Gasteiger partial charge in [-0.25, -0.2) is 4.98 Å². The van der Waals surface area contributed by atoms with Crippen LogP contribution in [0.25, 0.3) is 0 Å². The third kappa shape index (κ3) is 5.83. The van der Waals surface area contributed by atoms with Crippen molar-refractivity contribution in [3.05, 3.63) is 46.9 Å². The molecule has 0 spiro atoms. The van der Waals surface area contributed by atoms with Gasteiger partial charge in [-0.1, -0.05) is 16.8 Å². The number of carbonyl (C=O) groups is 3. The number of thioether (sulfide) groups is 2. The average Bonchev–Trinajstić information content (AvgIpc) is 3.33. The highest BCUT2D eigenvalue weighted by Crippen LogP contribution is 2.41. The molecule has 0 radical (unpaired) electrons. The molecular formula is C22H25N7O5S3. The van der Waals surface area contributed by atoms with Crippen molar-refractivity contribution in [3.63, 3.8) is 0 Å². The number of anilines is 1. The summed E-state index contributed by atoms with van der Waals surface area (Å²) in [4.78, 5) is 48.8. The van der Waals surface area contributed by atoms with Gasteiger partial charge in [0.2, 0.25) is 12.4 Å². The van der Waals surface area contributed by atoms with E-state index in [-0.39, 0.29) is 22.2 Å². The highest BCUT2D eigenvalue weighted by atomic mass is 32.2. The van der Waals surface area contributed by atoms with E-state index >= 15 is 0 Å². The number of aromatic nitrogens is 2. The van der Waals surface area contributed by atoms with Crippen molar-refractivity contribution >= 4 is 63.5 Å². The number of nitrogens with zero attached hydrogens (tertiary/aromatic N) is 4. The Bertz CT molecular complexity index is 1250. The first-order valence-corrected chi connectivity index (χ1v) is 14.1. The molecule has 196 valence electrons. The summed E-state index contributed by atoms with van der Waals surface area (Å²) in [7, 11) is 1.28. The van der Waals surface area contributed by atoms with Gasteiger partial charge in [0.15, 0.2) is 10.8 Å². The third-order valence-electron chi connectivity index (χ3n) is 5.45. The van der Waals surface area contributed by atoms with E-state index in [4.69, 9.17) is 10.6 Å². The first kappa shape index (κ1) is 26.8. The number of nitrogens with two attached hydrogens (primary N) is 1. The quantitative estimate of drug-likeness (QED) is 0.107. The average molecular weight is 564 g/mol. The smallest absolute Gasteiger partial charge is 0.276 e. The fourth-order valence-corrected chi connectivity index (χ4v) is 6.63. The maximum Gasteiger partial charge on any atom is 0.276 e. The van der Waals surface area contributed by atoms with E-state index in [1.54, 1.807) is 5.38 Å². The number of nitrogens with one attached hydrogen (secondary N) is 2. The molecule has 0 aliphatic carbocycles. The van der Waals surface area contributed by atoms with Gasteiger partial charge in [0.1, 0.15) is 24.2 Å². The molecule has 4 heterocycles. The zero-order valence-electron chi connectivity index (χ0n) is 20.0. The summed E-state index contributed by atoms with van der Waals surface area (Å²) < 4.78 is 1.86. The standard InChI is InChI=1S/C22H25N7O5S3/c1-3-6-24-28-7-4-13(5-8-28)35-9-12-10-36-20-16(19(31)29(20)17(12)21(32)33)26-18(30)15(27-34-2)14-11-37-22(23)25-14/h4-5,7-8,11,16,20,24H,3,6,9-10H2,1-2H3,(H3-,23,25,26,30,32,33)/b27-15-. The van der Waals surface area contributed by atoms with E-state index in [1.807, 2.05) is 29.2 Å². The Morgan fingerprint density at radius 2 is 2.16 bits per heavy atom. The second-order valence-corrected chi connectivity index (χ2v) is 11.0. The molecule has 2 aliphatic heterocycles. The van der Waals surface area contributed by atoms with Crippen LogP contribution in [0.5, 0.6) is 0 Å². The van der Waals surface area contributed by atoms with E-state index in [9.17, 15) is 19.5 Å². The maximum absolute atomic E-state index is 13.0. The summed E-state index contributed by atoms with van der Waals surface area (Å²) >= 11 is 3.98. The zero-order valence-corrected chi connectivity index (χ0v) is 22.5. The number of carbonyl (C=O) groups excluding carboxylic acids is 3. The van der Waals surface area contributed by atoms with Gasteiger partial charge in [-0.15, -0.1) is 34.9 Å². The normalized spacial score (nSPS) is 19.2. The first-order valence-electron chi connectivity index (χ1n) is 11.2.